The Morgan fingerprint density at radius 3 is 2.60 bits per heavy atom. The van der Waals surface area contributed by atoms with Crippen molar-refractivity contribution in [3.8, 4) is 0 Å². The predicted molar refractivity (Wildman–Crippen MR) is 77.7 cm³/mol. The third-order valence-electron chi connectivity index (χ3n) is 2.63. The summed E-state index contributed by atoms with van der Waals surface area (Å²) in [6.07, 6.45) is 0. The average Bonchev–Trinajstić information content (AvgIpc) is 2.33. The van der Waals surface area contributed by atoms with Crippen LogP contribution in [0.4, 0.5) is 10.1 Å². The summed E-state index contributed by atoms with van der Waals surface area (Å²) in [6, 6.07) is 2.19. The summed E-state index contributed by atoms with van der Waals surface area (Å²) in [7, 11) is -3.27. The number of hydrogen-bond acceptors (Lipinski definition) is 5. The van der Waals surface area contributed by atoms with Crippen molar-refractivity contribution in [3.05, 3.63) is 28.0 Å². The van der Waals surface area contributed by atoms with Crippen LogP contribution in [0.25, 0.3) is 0 Å². The highest BCUT2D eigenvalue weighted by molar-refractivity contribution is 9.10. The van der Waals surface area contributed by atoms with Gasteiger partial charge in [-0.05, 0) is 41.9 Å². The van der Waals surface area contributed by atoms with Crippen LogP contribution >= 0.6 is 15.9 Å². The van der Waals surface area contributed by atoms with Gasteiger partial charge in [0.1, 0.15) is 12.4 Å². The smallest absolute Gasteiger partial charge is 0.339 e. The van der Waals surface area contributed by atoms with Gasteiger partial charge in [0.15, 0.2) is 9.84 Å². The number of sulfone groups is 1. The second-order valence-electron chi connectivity index (χ2n) is 4.41. The van der Waals surface area contributed by atoms with Crippen molar-refractivity contribution >= 4 is 37.4 Å². The standard InChI is InChI=1S/C12H15BrFNO4S/c1-7(2)20(17,18)4-3-19-12(16)8-5-11(15)10(14)6-9(8)13/h5-7H,3-4,15H2,1-2H3. The summed E-state index contributed by atoms with van der Waals surface area (Å²) in [4.78, 5) is 11.8. The van der Waals surface area contributed by atoms with Crippen LogP contribution in [0.3, 0.4) is 0 Å². The first-order valence-corrected chi connectivity index (χ1v) is 8.29. The van der Waals surface area contributed by atoms with Crippen LogP contribution in [0, 0.1) is 5.82 Å². The normalized spacial score (nSPS) is 11.7. The Kier molecular flexibility index (Phi) is 5.52. The molecule has 0 radical (unpaired) electrons. The Hall–Kier alpha value is -1.15. The molecule has 0 spiro atoms. The van der Waals surface area contributed by atoms with E-state index < -0.39 is 26.9 Å². The molecule has 1 aromatic carbocycles. The third kappa shape index (κ3) is 4.17. The maximum Gasteiger partial charge on any atom is 0.339 e. The highest BCUT2D eigenvalue weighted by Crippen LogP contribution is 2.23. The molecule has 0 bridgehead atoms. The fourth-order valence-electron chi connectivity index (χ4n) is 1.29. The molecule has 0 saturated carbocycles. The number of nitrogen functional groups attached to an aromatic ring is 1. The second kappa shape index (κ2) is 6.53. The van der Waals surface area contributed by atoms with Crippen LogP contribution in [-0.2, 0) is 14.6 Å². The van der Waals surface area contributed by atoms with Crippen LogP contribution < -0.4 is 5.73 Å². The van der Waals surface area contributed by atoms with Crippen LogP contribution in [-0.4, -0.2) is 32.0 Å². The van der Waals surface area contributed by atoms with E-state index >= 15 is 0 Å². The molecule has 0 saturated heterocycles. The lowest BCUT2D eigenvalue weighted by Gasteiger charge is -2.10. The lowest BCUT2D eigenvalue weighted by molar-refractivity contribution is 0.0528. The molecule has 0 fully saturated rings. The number of ether oxygens (including phenoxy) is 1. The van der Waals surface area contributed by atoms with Gasteiger partial charge in [-0.15, -0.1) is 0 Å². The van der Waals surface area contributed by atoms with E-state index in [0.29, 0.717) is 0 Å². The number of benzene rings is 1. The lowest BCUT2D eigenvalue weighted by atomic mass is 10.2. The maximum absolute atomic E-state index is 13.1. The number of anilines is 1. The summed E-state index contributed by atoms with van der Waals surface area (Å²) in [6.45, 7) is 2.84. The maximum atomic E-state index is 13.1. The van der Waals surface area contributed by atoms with Gasteiger partial charge >= 0.3 is 5.97 Å². The molecule has 2 N–H and O–H groups in total. The predicted octanol–water partition coefficient (Wildman–Crippen LogP) is 2.15. The highest BCUT2D eigenvalue weighted by atomic mass is 79.9. The number of nitrogens with two attached hydrogens (primary N) is 1. The minimum absolute atomic E-state index is 0.0471. The van der Waals surface area contributed by atoms with Gasteiger partial charge < -0.3 is 10.5 Å². The minimum Gasteiger partial charge on any atom is -0.461 e. The zero-order valence-electron chi connectivity index (χ0n) is 11.0. The topological polar surface area (TPSA) is 86.5 Å². The Labute approximate surface area is 125 Å². The Morgan fingerprint density at radius 2 is 2.05 bits per heavy atom. The van der Waals surface area contributed by atoms with Gasteiger partial charge in [0.05, 0.1) is 22.3 Å². The van der Waals surface area contributed by atoms with Crippen molar-refractivity contribution in [2.24, 2.45) is 0 Å². The summed E-state index contributed by atoms with van der Waals surface area (Å²) < 4.78 is 41.3. The molecule has 0 amide bonds. The van der Waals surface area contributed by atoms with Gasteiger partial charge in [-0.2, -0.15) is 0 Å². The Morgan fingerprint density at radius 1 is 1.45 bits per heavy atom. The molecule has 0 atom stereocenters. The molecule has 20 heavy (non-hydrogen) atoms. The third-order valence-corrected chi connectivity index (χ3v) is 5.45. The first kappa shape index (κ1) is 16.9. The first-order chi connectivity index (χ1) is 9.15. The number of carbonyl (C=O) groups excluding carboxylic acids is 1. The largest absolute Gasteiger partial charge is 0.461 e. The van der Waals surface area contributed by atoms with E-state index in [1.807, 2.05) is 0 Å². The fraction of sp³-hybridized carbons (Fsp3) is 0.417. The molecule has 1 aromatic rings. The molecule has 0 unspecified atom stereocenters. The number of halogens is 2. The van der Waals surface area contributed by atoms with Gasteiger partial charge in [0.2, 0.25) is 0 Å². The van der Waals surface area contributed by atoms with E-state index in [1.165, 1.54) is 0 Å². The van der Waals surface area contributed by atoms with Gasteiger partial charge in [0.25, 0.3) is 0 Å². The molecular formula is C12H15BrFNO4S. The monoisotopic (exact) mass is 367 g/mol. The summed E-state index contributed by atoms with van der Waals surface area (Å²) in [5.41, 5.74) is 5.23. The molecule has 0 aliphatic carbocycles. The van der Waals surface area contributed by atoms with E-state index in [2.05, 4.69) is 15.9 Å². The average molecular weight is 368 g/mol. The first-order valence-electron chi connectivity index (χ1n) is 5.78. The van der Waals surface area contributed by atoms with Crippen LogP contribution in [0.2, 0.25) is 0 Å². The Balaban J connectivity index is 2.72. The van der Waals surface area contributed by atoms with Gasteiger partial charge in [-0.3, -0.25) is 0 Å². The van der Waals surface area contributed by atoms with Crippen molar-refractivity contribution in [1.29, 1.82) is 0 Å². The minimum atomic E-state index is -3.27. The van der Waals surface area contributed by atoms with Crippen molar-refractivity contribution < 1.29 is 22.3 Å². The van der Waals surface area contributed by atoms with E-state index in [-0.39, 0.29) is 28.1 Å². The molecule has 1 rings (SSSR count). The number of esters is 1. The number of hydrogen-bond donors (Lipinski definition) is 1. The summed E-state index contributed by atoms with van der Waals surface area (Å²) >= 11 is 3.02. The van der Waals surface area contributed by atoms with Crippen molar-refractivity contribution in [3.63, 3.8) is 0 Å². The Bertz CT molecular complexity index is 616. The molecule has 0 aromatic heterocycles. The van der Waals surface area contributed by atoms with Crippen molar-refractivity contribution in [2.45, 2.75) is 19.1 Å². The molecule has 0 aliphatic rings. The van der Waals surface area contributed by atoms with Crippen LogP contribution in [0.1, 0.15) is 24.2 Å². The van der Waals surface area contributed by atoms with Crippen molar-refractivity contribution in [1.82, 2.24) is 0 Å². The lowest BCUT2D eigenvalue weighted by Crippen LogP contribution is -2.22. The summed E-state index contributed by atoms with van der Waals surface area (Å²) in [5.74, 6) is -1.68. The molecular weight excluding hydrogens is 353 g/mol. The van der Waals surface area contributed by atoms with E-state index in [0.717, 1.165) is 12.1 Å². The highest BCUT2D eigenvalue weighted by Gasteiger charge is 2.19. The quantitative estimate of drug-likeness (QED) is 0.636. The van der Waals surface area contributed by atoms with Gasteiger partial charge in [-0.25, -0.2) is 17.6 Å². The van der Waals surface area contributed by atoms with Gasteiger partial charge in [-0.1, -0.05) is 0 Å². The molecule has 112 valence electrons. The zero-order valence-corrected chi connectivity index (χ0v) is 13.4. The fourth-order valence-corrected chi connectivity index (χ4v) is 2.55. The van der Waals surface area contributed by atoms with Crippen molar-refractivity contribution in [2.75, 3.05) is 18.1 Å². The van der Waals surface area contributed by atoms with Crippen LogP contribution in [0.5, 0.6) is 0 Å². The molecule has 0 aliphatic heterocycles. The van der Waals surface area contributed by atoms with Gasteiger partial charge in [0, 0.05) is 4.47 Å². The molecule has 8 heteroatoms. The number of rotatable bonds is 5. The molecule has 5 nitrogen and oxygen atoms in total. The second-order valence-corrected chi connectivity index (χ2v) is 7.94. The zero-order chi connectivity index (χ0) is 15.5. The number of carbonyl (C=O) groups is 1. The summed E-state index contributed by atoms with van der Waals surface area (Å²) in [5, 5.41) is -0.533. The van der Waals surface area contributed by atoms with E-state index in [4.69, 9.17) is 10.5 Å². The van der Waals surface area contributed by atoms with Crippen LogP contribution in [0.15, 0.2) is 16.6 Å². The van der Waals surface area contributed by atoms with E-state index in [9.17, 15) is 17.6 Å². The molecule has 0 heterocycles. The SMILES string of the molecule is CC(C)S(=O)(=O)CCOC(=O)c1cc(N)c(F)cc1Br. The van der Waals surface area contributed by atoms with E-state index in [1.54, 1.807) is 13.8 Å².